The first-order chi connectivity index (χ1) is 8.85. The summed E-state index contributed by atoms with van der Waals surface area (Å²) in [6, 6.07) is 0.461. The highest BCUT2D eigenvalue weighted by atomic mass is 16.5. The van der Waals surface area contributed by atoms with Crippen LogP contribution in [0, 0.1) is 0 Å². The number of ether oxygens (including phenoxy) is 1. The quantitative estimate of drug-likeness (QED) is 0.521. The fourth-order valence-corrected chi connectivity index (χ4v) is 3.19. The van der Waals surface area contributed by atoms with Crippen LogP contribution in [0.25, 0.3) is 0 Å². The maximum absolute atomic E-state index is 5.72. The fourth-order valence-electron chi connectivity index (χ4n) is 3.19. The summed E-state index contributed by atoms with van der Waals surface area (Å²) in [6.07, 6.45) is 15.1. The first-order valence-electron chi connectivity index (χ1n) is 7.82. The predicted octanol–water partition coefficient (Wildman–Crippen LogP) is 4.86. The van der Waals surface area contributed by atoms with Gasteiger partial charge in [-0.2, -0.15) is 10.2 Å². The molecule has 0 aliphatic heterocycles. The lowest BCUT2D eigenvalue weighted by atomic mass is 10.1. The molecule has 104 valence electrons. The van der Waals surface area contributed by atoms with E-state index in [-0.39, 0.29) is 5.72 Å². The van der Waals surface area contributed by atoms with Gasteiger partial charge < -0.3 is 4.74 Å². The number of methoxy groups -OCH3 is 1. The van der Waals surface area contributed by atoms with Crippen LogP contribution in [0.4, 0.5) is 0 Å². The molecule has 0 N–H and O–H groups in total. The SMILES string of the molecule is COC1(N=NC2CCCCCC2)CCCCCC1. The van der Waals surface area contributed by atoms with Crippen molar-refractivity contribution in [2.24, 2.45) is 10.2 Å². The van der Waals surface area contributed by atoms with Gasteiger partial charge in [0.05, 0.1) is 6.04 Å². The van der Waals surface area contributed by atoms with Gasteiger partial charge in [-0.3, -0.25) is 0 Å². The van der Waals surface area contributed by atoms with Gasteiger partial charge >= 0.3 is 0 Å². The van der Waals surface area contributed by atoms with Gasteiger partial charge in [-0.15, -0.1) is 0 Å². The standard InChI is InChI=1S/C15H28N2O/c1-18-15(12-8-4-5-9-13-15)17-16-14-10-6-2-3-7-11-14/h14H,2-13H2,1H3. The summed E-state index contributed by atoms with van der Waals surface area (Å²) < 4.78 is 5.72. The van der Waals surface area contributed by atoms with E-state index in [2.05, 4.69) is 10.2 Å². The Kier molecular flexibility index (Phi) is 5.61. The molecule has 0 atom stereocenters. The molecular weight excluding hydrogens is 224 g/mol. The molecular formula is C15H28N2O. The third kappa shape index (κ3) is 4.04. The lowest BCUT2D eigenvalue weighted by molar-refractivity contribution is -0.0224. The molecule has 3 nitrogen and oxygen atoms in total. The normalized spacial score (nSPS) is 26.9. The van der Waals surface area contributed by atoms with Crippen molar-refractivity contribution in [3.63, 3.8) is 0 Å². The Morgan fingerprint density at radius 1 is 0.833 bits per heavy atom. The van der Waals surface area contributed by atoms with Crippen molar-refractivity contribution in [3.8, 4) is 0 Å². The third-order valence-corrected chi connectivity index (χ3v) is 4.49. The average Bonchev–Trinajstić information content (AvgIpc) is 2.80. The summed E-state index contributed by atoms with van der Waals surface area (Å²) >= 11 is 0. The Morgan fingerprint density at radius 2 is 1.39 bits per heavy atom. The van der Waals surface area contributed by atoms with Gasteiger partial charge in [-0.1, -0.05) is 38.5 Å². The first-order valence-corrected chi connectivity index (χ1v) is 7.82. The number of hydrogen-bond acceptors (Lipinski definition) is 3. The lowest BCUT2D eigenvalue weighted by Gasteiger charge is -2.26. The van der Waals surface area contributed by atoms with Crippen molar-refractivity contribution in [1.29, 1.82) is 0 Å². The van der Waals surface area contributed by atoms with Crippen LogP contribution in [0.2, 0.25) is 0 Å². The molecule has 2 saturated carbocycles. The third-order valence-electron chi connectivity index (χ3n) is 4.49. The smallest absolute Gasteiger partial charge is 0.178 e. The van der Waals surface area contributed by atoms with Gasteiger partial charge in [-0.05, 0) is 38.5 Å². The monoisotopic (exact) mass is 252 g/mol. The summed E-state index contributed by atoms with van der Waals surface area (Å²) in [5, 5.41) is 9.31. The van der Waals surface area contributed by atoms with E-state index >= 15 is 0 Å². The maximum atomic E-state index is 5.72. The van der Waals surface area contributed by atoms with Crippen molar-refractivity contribution in [2.45, 2.75) is 88.8 Å². The van der Waals surface area contributed by atoms with Crippen LogP contribution in [0.3, 0.4) is 0 Å². The van der Waals surface area contributed by atoms with Gasteiger partial charge in [0, 0.05) is 7.11 Å². The molecule has 0 bridgehead atoms. The Morgan fingerprint density at radius 3 is 1.94 bits per heavy atom. The van der Waals surface area contributed by atoms with Crippen molar-refractivity contribution >= 4 is 0 Å². The van der Waals surface area contributed by atoms with Crippen LogP contribution in [0.15, 0.2) is 10.2 Å². The Bertz CT molecular complexity index is 249. The molecule has 0 aromatic heterocycles. The fraction of sp³-hybridized carbons (Fsp3) is 1.00. The number of nitrogens with zero attached hydrogens (tertiary/aromatic N) is 2. The topological polar surface area (TPSA) is 34.0 Å². The minimum Gasteiger partial charge on any atom is -0.355 e. The molecule has 2 aliphatic rings. The predicted molar refractivity (Wildman–Crippen MR) is 73.8 cm³/mol. The van der Waals surface area contributed by atoms with Crippen LogP contribution < -0.4 is 0 Å². The molecule has 0 aromatic rings. The highest BCUT2D eigenvalue weighted by Crippen LogP contribution is 2.32. The maximum Gasteiger partial charge on any atom is 0.178 e. The summed E-state index contributed by atoms with van der Waals surface area (Å²) in [6.45, 7) is 0. The van der Waals surface area contributed by atoms with Crippen LogP contribution in [-0.2, 0) is 4.74 Å². The van der Waals surface area contributed by atoms with Gasteiger partial charge in [0.25, 0.3) is 0 Å². The second-order valence-corrected chi connectivity index (χ2v) is 5.93. The highest BCUT2D eigenvalue weighted by molar-refractivity contribution is 4.80. The zero-order valence-corrected chi connectivity index (χ0v) is 11.9. The molecule has 0 aromatic carbocycles. The molecule has 2 fully saturated rings. The molecule has 0 radical (unpaired) electrons. The van der Waals surface area contributed by atoms with Gasteiger partial charge in [0.15, 0.2) is 5.72 Å². The van der Waals surface area contributed by atoms with Crippen molar-refractivity contribution in [2.75, 3.05) is 7.11 Å². The molecule has 0 saturated heterocycles. The Hall–Kier alpha value is -0.440. The van der Waals surface area contributed by atoms with Crippen molar-refractivity contribution in [3.05, 3.63) is 0 Å². The van der Waals surface area contributed by atoms with Crippen molar-refractivity contribution < 1.29 is 4.74 Å². The van der Waals surface area contributed by atoms with E-state index in [1.54, 1.807) is 7.11 Å². The summed E-state index contributed by atoms with van der Waals surface area (Å²) in [5.41, 5.74) is -0.289. The number of hydrogen-bond donors (Lipinski definition) is 0. The molecule has 18 heavy (non-hydrogen) atoms. The zero-order chi connectivity index (χ0) is 12.7. The highest BCUT2D eigenvalue weighted by Gasteiger charge is 2.30. The van der Waals surface area contributed by atoms with Crippen LogP contribution in [-0.4, -0.2) is 18.9 Å². The van der Waals surface area contributed by atoms with Gasteiger partial charge in [0.1, 0.15) is 0 Å². The molecule has 0 spiro atoms. The second-order valence-electron chi connectivity index (χ2n) is 5.93. The van der Waals surface area contributed by atoms with Crippen LogP contribution in [0.5, 0.6) is 0 Å². The first kappa shape index (κ1) is 14.0. The molecule has 0 heterocycles. The Balaban J connectivity index is 1.94. The van der Waals surface area contributed by atoms with E-state index in [1.165, 1.54) is 64.2 Å². The summed E-state index contributed by atoms with van der Waals surface area (Å²) in [5.74, 6) is 0. The van der Waals surface area contributed by atoms with E-state index in [9.17, 15) is 0 Å². The zero-order valence-electron chi connectivity index (χ0n) is 11.9. The molecule has 0 amide bonds. The van der Waals surface area contributed by atoms with Gasteiger partial charge in [-0.25, -0.2) is 0 Å². The van der Waals surface area contributed by atoms with E-state index in [1.807, 2.05) is 0 Å². The van der Waals surface area contributed by atoms with E-state index in [0.29, 0.717) is 6.04 Å². The molecule has 2 rings (SSSR count). The summed E-state index contributed by atoms with van der Waals surface area (Å²) in [7, 11) is 1.80. The largest absolute Gasteiger partial charge is 0.355 e. The second kappa shape index (κ2) is 7.22. The molecule has 3 heteroatoms. The number of rotatable bonds is 3. The average molecular weight is 252 g/mol. The minimum atomic E-state index is -0.289. The van der Waals surface area contributed by atoms with E-state index in [4.69, 9.17) is 4.74 Å². The van der Waals surface area contributed by atoms with E-state index in [0.717, 1.165) is 12.8 Å². The van der Waals surface area contributed by atoms with Crippen LogP contribution in [0.1, 0.15) is 77.0 Å². The number of azo groups is 1. The summed E-state index contributed by atoms with van der Waals surface area (Å²) in [4.78, 5) is 0. The van der Waals surface area contributed by atoms with E-state index < -0.39 is 0 Å². The van der Waals surface area contributed by atoms with Gasteiger partial charge in [0.2, 0.25) is 0 Å². The van der Waals surface area contributed by atoms with Crippen LogP contribution >= 0.6 is 0 Å². The van der Waals surface area contributed by atoms with Crippen molar-refractivity contribution in [1.82, 2.24) is 0 Å². The minimum absolute atomic E-state index is 0.289. The Labute approximate surface area is 111 Å². The molecule has 0 unspecified atom stereocenters. The molecule has 2 aliphatic carbocycles. The lowest BCUT2D eigenvalue weighted by Crippen LogP contribution is -2.28.